The van der Waals surface area contributed by atoms with Crippen LogP contribution >= 0.6 is 11.3 Å². The van der Waals surface area contributed by atoms with Gasteiger partial charge in [-0.05, 0) is 50.1 Å². The SMILES string of the molecule is COC(=O)c1cccc(NC(=O)N2CCC[C@@H](c3nnc(C(=O)Nc4ccc(C)cc4)s3)C2)c1. The summed E-state index contributed by atoms with van der Waals surface area (Å²) in [7, 11) is 1.31. The van der Waals surface area contributed by atoms with E-state index in [-0.39, 0.29) is 22.9 Å². The van der Waals surface area contributed by atoms with Crippen molar-refractivity contribution in [2.45, 2.75) is 25.7 Å². The number of carbonyl (C=O) groups excluding carboxylic acids is 3. The third-order valence-electron chi connectivity index (χ3n) is 5.54. The number of aryl methyl sites for hydroxylation is 1. The molecular weight excluding hydrogens is 454 g/mol. The molecule has 2 N–H and O–H groups in total. The van der Waals surface area contributed by atoms with Crippen LogP contribution in [0.3, 0.4) is 0 Å². The third-order valence-corrected chi connectivity index (χ3v) is 6.62. The maximum Gasteiger partial charge on any atom is 0.337 e. The number of piperidine rings is 1. The number of aromatic nitrogens is 2. The summed E-state index contributed by atoms with van der Waals surface area (Å²) in [4.78, 5) is 38.8. The Hall–Kier alpha value is -3.79. The second-order valence-electron chi connectivity index (χ2n) is 8.05. The standard InChI is InChI=1S/C24H25N5O4S/c1-15-8-10-18(11-9-15)25-20(30)22-28-27-21(34-22)17-6-4-12-29(14-17)24(32)26-19-7-3-5-16(13-19)23(31)33-2/h3,5,7-11,13,17H,4,6,12,14H2,1-2H3,(H,25,30)(H,26,32)/t17-/m1/s1. The van der Waals surface area contributed by atoms with Gasteiger partial charge < -0.3 is 20.3 Å². The van der Waals surface area contributed by atoms with Crippen LogP contribution in [-0.4, -0.2) is 53.2 Å². The molecule has 0 aliphatic carbocycles. The number of likely N-dealkylation sites (tertiary alicyclic amines) is 1. The summed E-state index contributed by atoms with van der Waals surface area (Å²) < 4.78 is 4.73. The number of anilines is 2. The quantitative estimate of drug-likeness (QED) is 0.528. The number of rotatable bonds is 5. The van der Waals surface area contributed by atoms with Gasteiger partial charge in [0.1, 0.15) is 5.01 Å². The zero-order valence-corrected chi connectivity index (χ0v) is 19.7. The van der Waals surface area contributed by atoms with Gasteiger partial charge in [0.25, 0.3) is 5.91 Å². The van der Waals surface area contributed by atoms with Gasteiger partial charge in [-0.1, -0.05) is 35.1 Å². The van der Waals surface area contributed by atoms with Gasteiger partial charge >= 0.3 is 12.0 Å². The Morgan fingerprint density at radius 1 is 1.06 bits per heavy atom. The van der Waals surface area contributed by atoms with Crippen molar-refractivity contribution in [3.63, 3.8) is 0 Å². The maximum absolute atomic E-state index is 12.8. The number of nitrogens with one attached hydrogen (secondary N) is 2. The van der Waals surface area contributed by atoms with Gasteiger partial charge in [-0.2, -0.15) is 0 Å². The molecule has 1 atom stereocenters. The molecule has 176 valence electrons. The number of nitrogens with zero attached hydrogens (tertiary/aromatic N) is 3. The Labute approximate surface area is 201 Å². The summed E-state index contributed by atoms with van der Waals surface area (Å²) in [6, 6.07) is 13.9. The van der Waals surface area contributed by atoms with Gasteiger partial charge in [0.15, 0.2) is 0 Å². The number of methoxy groups -OCH3 is 1. The van der Waals surface area contributed by atoms with E-state index < -0.39 is 5.97 Å². The first-order valence-corrected chi connectivity index (χ1v) is 11.7. The molecule has 3 amide bonds. The Bertz CT molecular complexity index is 1190. The zero-order valence-electron chi connectivity index (χ0n) is 18.9. The number of ether oxygens (including phenoxy) is 1. The lowest BCUT2D eigenvalue weighted by Crippen LogP contribution is -2.41. The predicted molar refractivity (Wildman–Crippen MR) is 129 cm³/mol. The summed E-state index contributed by atoms with van der Waals surface area (Å²) in [6.45, 7) is 3.06. The van der Waals surface area contributed by atoms with Crippen LogP contribution in [-0.2, 0) is 4.74 Å². The first kappa shape index (κ1) is 23.4. The third kappa shape index (κ3) is 5.57. The zero-order chi connectivity index (χ0) is 24.1. The van der Waals surface area contributed by atoms with Crippen molar-refractivity contribution < 1.29 is 19.1 Å². The molecule has 2 aromatic carbocycles. The number of esters is 1. The van der Waals surface area contributed by atoms with Crippen molar-refractivity contribution in [1.82, 2.24) is 15.1 Å². The van der Waals surface area contributed by atoms with Crippen LogP contribution in [0.25, 0.3) is 0 Å². The molecule has 0 saturated carbocycles. The van der Waals surface area contributed by atoms with Crippen LogP contribution in [0.1, 0.15) is 49.5 Å². The fraction of sp³-hybridized carbons (Fsp3) is 0.292. The highest BCUT2D eigenvalue weighted by Gasteiger charge is 2.28. The van der Waals surface area contributed by atoms with Crippen LogP contribution in [0.4, 0.5) is 16.2 Å². The van der Waals surface area contributed by atoms with Crippen molar-refractivity contribution >= 4 is 40.6 Å². The molecule has 1 fully saturated rings. The molecule has 3 aromatic rings. The van der Waals surface area contributed by atoms with E-state index in [2.05, 4.69) is 20.8 Å². The van der Waals surface area contributed by atoms with Crippen molar-refractivity contribution in [3.8, 4) is 0 Å². The van der Waals surface area contributed by atoms with E-state index in [0.717, 1.165) is 23.4 Å². The molecule has 0 spiro atoms. The number of benzene rings is 2. The largest absolute Gasteiger partial charge is 0.465 e. The average molecular weight is 480 g/mol. The molecule has 4 rings (SSSR count). The summed E-state index contributed by atoms with van der Waals surface area (Å²) in [5, 5.41) is 15.0. The summed E-state index contributed by atoms with van der Waals surface area (Å²) in [6.07, 6.45) is 1.67. The molecule has 0 unspecified atom stereocenters. The smallest absolute Gasteiger partial charge is 0.337 e. The number of urea groups is 1. The lowest BCUT2D eigenvalue weighted by atomic mass is 9.99. The van der Waals surface area contributed by atoms with E-state index >= 15 is 0 Å². The van der Waals surface area contributed by atoms with Gasteiger partial charge in [-0.25, -0.2) is 9.59 Å². The first-order valence-electron chi connectivity index (χ1n) is 10.9. The molecule has 10 heteroatoms. The second-order valence-corrected chi connectivity index (χ2v) is 9.06. The fourth-order valence-electron chi connectivity index (χ4n) is 3.72. The minimum Gasteiger partial charge on any atom is -0.465 e. The number of amides is 3. The molecule has 1 saturated heterocycles. The topological polar surface area (TPSA) is 114 Å². The lowest BCUT2D eigenvalue weighted by Gasteiger charge is -2.31. The first-order chi connectivity index (χ1) is 16.4. The number of carbonyl (C=O) groups is 3. The van der Waals surface area contributed by atoms with E-state index in [1.54, 1.807) is 29.2 Å². The number of hydrogen-bond donors (Lipinski definition) is 2. The number of hydrogen-bond acceptors (Lipinski definition) is 7. The summed E-state index contributed by atoms with van der Waals surface area (Å²) in [5.41, 5.74) is 2.69. The minimum absolute atomic E-state index is 0.000622. The monoisotopic (exact) mass is 479 g/mol. The highest BCUT2D eigenvalue weighted by Crippen LogP contribution is 2.30. The van der Waals surface area contributed by atoms with Crippen molar-refractivity contribution in [3.05, 3.63) is 69.7 Å². The molecule has 1 aliphatic heterocycles. The fourth-order valence-corrected chi connectivity index (χ4v) is 4.58. The molecule has 0 bridgehead atoms. The Morgan fingerprint density at radius 2 is 1.85 bits per heavy atom. The van der Waals surface area contributed by atoms with Gasteiger partial charge in [0, 0.05) is 30.4 Å². The summed E-state index contributed by atoms with van der Waals surface area (Å²) >= 11 is 1.25. The minimum atomic E-state index is -0.465. The predicted octanol–water partition coefficient (Wildman–Crippen LogP) is 4.30. The van der Waals surface area contributed by atoms with E-state index in [1.807, 2.05) is 31.2 Å². The average Bonchev–Trinajstić information content (AvgIpc) is 3.36. The molecule has 0 radical (unpaired) electrons. The van der Waals surface area contributed by atoms with E-state index in [0.29, 0.717) is 30.0 Å². The van der Waals surface area contributed by atoms with Gasteiger partial charge in [0.2, 0.25) is 5.01 Å². The van der Waals surface area contributed by atoms with Crippen LogP contribution < -0.4 is 10.6 Å². The van der Waals surface area contributed by atoms with Crippen molar-refractivity contribution in [1.29, 1.82) is 0 Å². The highest BCUT2D eigenvalue weighted by atomic mass is 32.1. The van der Waals surface area contributed by atoms with Gasteiger partial charge in [-0.15, -0.1) is 10.2 Å². The van der Waals surface area contributed by atoms with E-state index in [4.69, 9.17) is 4.74 Å². The normalized spacial score (nSPS) is 15.5. The molecule has 2 heterocycles. The van der Waals surface area contributed by atoms with Gasteiger partial charge in [0.05, 0.1) is 12.7 Å². The van der Waals surface area contributed by atoms with Crippen LogP contribution in [0.2, 0.25) is 0 Å². The van der Waals surface area contributed by atoms with Crippen molar-refractivity contribution in [2.24, 2.45) is 0 Å². The van der Waals surface area contributed by atoms with Crippen LogP contribution in [0.5, 0.6) is 0 Å². The molecular formula is C24H25N5O4S. The Balaban J connectivity index is 1.38. The maximum atomic E-state index is 12.8. The Kier molecular flexibility index (Phi) is 7.17. The van der Waals surface area contributed by atoms with E-state index in [9.17, 15) is 14.4 Å². The second kappa shape index (κ2) is 10.4. The Morgan fingerprint density at radius 3 is 2.62 bits per heavy atom. The van der Waals surface area contributed by atoms with Crippen molar-refractivity contribution in [2.75, 3.05) is 30.8 Å². The molecule has 9 nitrogen and oxygen atoms in total. The molecule has 1 aromatic heterocycles. The van der Waals surface area contributed by atoms with Crippen LogP contribution in [0.15, 0.2) is 48.5 Å². The van der Waals surface area contributed by atoms with E-state index in [1.165, 1.54) is 18.4 Å². The van der Waals surface area contributed by atoms with Gasteiger partial charge in [-0.3, -0.25) is 4.79 Å². The molecule has 34 heavy (non-hydrogen) atoms. The lowest BCUT2D eigenvalue weighted by molar-refractivity contribution is 0.0600. The molecule has 1 aliphatic rings. The highest BCUT2D eigenvalue weighted by molar-refractivity contribution is 7.13. The summed E-state index contributed by atoms with van der Waals surface area (Å²) in [5.74, 6) is -0.768. The van der Waals surface area contributed by atoms with Crippen LogP contribution in [0, 0.1) is 6.92 Å².